The van der Waals surface area contributed by atoms with E-state index in [2.05, 4.69) is 29.0 Å². The summed E-state index contributed by atoms with van der Waals surface area (Å²) in [5.41, 5.74) is -0.430. The van der Waals surface area contributed by atoms with Crippen molar-refractivity contribution < 1.29 is 9.63 Å². The molecule has 0 atom stereocenters. The van der Waals surface area contributed by atoms with Crippen molar-refractivity contribution in [2.24, 2.45) is 0 Å². The van der Waals surface area contributed by atoms with Gasteiger partial charge < -0.3 is 9.63 Å². The topological polar surface area (TPSA) is 72.0 Å². The van der Waals surface area contributed by atoms with Crippen LogP contribution in [0.3, 0.4) is 0 Å². The number of nitrogens with zero attached hydrogens (tertiary/aromatic N) is 3. The molecule has 0 radical (unpaired) electrons. The van der Waals surface area contributed by atoms with Gasteiger partial charge >= 0.3 is 0 Å². The summed E-state index contributed by atoms with van der Waals surface area (Å²) in [5, 5.41) is 16.5. The van der Waals surface area contributed by atoms with Crippen molar-refractivity contribution in [2.75, 3.05) is 0 Å². The maximum Gasteiger partial charge on any atom is 0.258 e. The third-order valence-electron chi connectivity index (χ3n) is 2.19. The normalized spacial score (nSPS) is 12.4. The largest absolute Gasteiger partial charge is 0.381 e. The molecule has 0 saturated carbocycles. The third-order valence-corrected chi connectivity index (χ3v) is 3.34. The van der Waals surface area contributed by atoms with Crippen LogP contribution in [0.2, 0.25) is 0 Å². The van der Waals surface area contributed by atoms with Gasteiger partial charge in [-0.2, -0.15) is 4.98 Å². The van der Waals surface area contributed by atoms with Gasteiger partial charge in [-0.1, -0.05) is 19.0 Å². The maximum atomic E-state index is 9.73. The Morgan fingerprint density at radius 1 is 1.35 bits per heavy atom. The van der Waals surface area contributed by atoms with E-state index < -0.39 is 5.60 Å². The maximum absolute atomic E-state index is 9.73. The monoisotopic (exact) mass is 253 g/mol. The zero-order chi connectivity index (χ0) is 12.6. The van der Waals surface area contributed by atoms with E-state index >= 15 is 0 Å². The lowest BCUT2D eigenvalue weighted by molar-refractivity contribution is 0.0420. The Labute approximate surface area is 104 Å². The first-order valence-corrected chi connectivity index (χ1v) is 6.28. The average molecular weight is 253 g/mol. The van der Waals surface area contributed by atoms with Gasteiger partial charge in [0.15, 0.2) is 0 Å². The van der Waals surface area contributed by atoms with Crippen LogP contribution in [0.25, 0.3) is 11.5 Å². The molecule has 2 aromatic heterocycles. The van der Waals surface area contributed by atoms with E-state index in [1.165, 1.54) is 0 Å². The summed E-state index contributed by atoms with van der Waals surface area (Å²) in [6.45, 7) is 7.37. The number of thiazole rings is 1. The second kappa shape index (κ2) is 4.19. The zero-order valence-electron chi connectivity index (χ0n) is 10.3. The summed E-state index contributed by atoms with van der Waals surface area (Å²) in [6, 6.07) is 0. The summed E-state index contributed by atoms with van der Waals surface area (Å²) in [6.07, 6.45) is 0. The molecule has 2 aromatic rings. The first kappa shape index (κ1) is 12.2. The number of hydrogen-bond donors (Lipinski definition) is 1. The lowest BCUT2D eigenvalue weighted by Gasteiger charge is -2.09. The van der Waals surface area contributed by atoms with E-state index in [-0.39, 0.29) is 5.89 Å². The Morgan fingerprint density at radius 3 is 2.53 bits per heavy atom. The van der Waals surface area contributed by atoms with E-state index in [0.717, 1.165) is 5.01 Å². The van der Waals surface area contributed by atoms with Crippen LogP contribution in [0.15, 0.2) is 9.90 Å². The van der Waals surface area contributed by atoms with Gasteiger partial charge in [-0.3, -0.25) is 0 Å². The molecule has 2 rings (SSSR count). The summed E-state index contributed by atoms with van der Waals surface area (Å²) in [7, 11) is 0. The predicted octanol–water partition coefficient (Wildman–Crippen LogP) is 2.54. The highest BCUT2D eigenvalue weighted by Crippen LogP contribution is 2.26. The van der Waals surface area contributed by atoms with E-state index in [0.29, 0.717) is 17.4 Å². The Balaban J connectivity index is 2.31. The Kier molecular flexibility index (Phi) is 3.01. The molecule has 0 fully saturated rings. The highest BCUT2D eigenvalue weighted by molar-refractivity contribution is 7.10. The van der Waals surface area contributed by atoms with E-state index in [1.807, 2.05) is 5.38 Å². The minimum Gasteiger partial charge on any atom is -0.381 e. The highest BCUT2D eigenvalue weighted by atomic mass is 32.1. The smallest absolute Gasteiger partial charge is 0.258 e. The van der Waals surface area contributed by atoms with Crippen LogP contribution in [-0.4, -0.2) is 20.2 Å². The predicted molar refractivity (Wildman–Crippen MR) is 64.7 cm³/mol. The summed E-state index contributed by atoms with van der Waals surface area (Å²) in [5.74, 6) is 1.01. The molecular formula is C11H15N3O2S. The van der Waals surface area contributed by atoms with Crippen LogP contribution in [-0.2, 0) is 5.60 Å². The van der Waals surface area contributed by atoms with E-state index in [4.69, 9.17) is 4.52 Å². The number of rotatable bonds is 3. The van der Waals surface area contributed by atoms with Gasteiger partial charge in [0.2, 0.25) is 5.82 Å². The van der Waals surface area contributed by atoms with Crippen LogP contribution in [0.5, 0.6) is 0 Å². The van der Waals surface area contributed by atoms with Crippen LogP contribution in [0.1, 0.15) is 44.5 Å². The molecule has 92 valence electrons. The second-order valence-corrected chi connectivity index (χ2v) is 5.60. The molecule has 0 aromatic carbocycles. The Bertz CT molecular complexity index is 511. The van der Waals surface area contributed by atoms with Crippen molar-refractivity contribution in [2.45, 2.75) is 39.2 Å². The molecule has 0 bridgehead atoms. The number of aliphatic hydroxyl groups is 1. The first-order chi connectivity index (χ1) is 7.88. The SMILES string of the molecule is CC(C)c1nc(-c2noc(C(C)(C)O)n2)cs1. The summed E-state index contributed by atoms with van der Waals surface area (Å²) in [4.78, 5) is 8.57. The van der Waals surface area contributed by atoms with Gasteiger partial charge in [-0.15, -0.1) is 11.3 Å². The summed E-state index contributed by atoms with van der Waals surface area (Å²) < 4.78 is 5.01. The molecule has 0 saturated heterocycles. The van der Waals surface area contributed by atoms with Crippen LogP contribution >= 0.6 is 11.3 Å². The molecular weight excluding hydrogens is 238 g/mol. The zero-order valence-corrected chi connectivity index (χ0v) is 11.1. The molecule has 5 nitrogen and oxygen atoms in total. The average Bonchev–Trinajstić information content (AvgIpc) is 2.85. The molecule has 2 heterocycles. The van der Waals surface area contributed by atoms with Crippen molar-refractivity contribution in [3.63, 3.8) is 0 Å². The van der Waals surface area contributed by atoms with Gasteiger partial charge in [0, 0.05) is 11.3 Å². The van der Waals surface area contributed by atoms with Crippen LogP contribution in [0.4, 0.5) is 0 Å². The minimum atomic E-state index is -1.12. The van der Waals surface area contributed by atoms with E-state index in [9.17, 15) is 5.11 Å². The van der Waals surface area contributed by atoms with E-state index in [1.54, 1.807) is 25.2 Å². The second-order valence-electron chi connectivity index (χ2n) is 4.71. The fourth-order valence-electron chi connectivity index (χ4n) is 1.23. The lowest BCUT2D eigenvalue weighted by atomic mass is 10.1. The fraction of sp³-hybridized carbons (Fsp3) is 0.545. The number of hydrogen-bond acceptors (Lipinski definition) is 6. The number of aromatic nitrogens is 3. The molecule has 0 aliphatic rings. The molecule has 6 heteroatoms. The van der Waals surface area contributed by atoms with Gasteiger partial charge in [0.05, 0.1) is 5.01 Å². The van der Waals surface area contributed by atoms with Crippen molar-refractivity contribution in [1.82, 2.24) is 15.1 Å². The Morgan fingerprint density at radius 2 is 2.06 bits per heavy atom. The molecule has 0 aliphatic heterocycles. The van der Waals surface area contributed by atoms with Crippen molar-refractivity contribution in [1.29, 1.82) is 0 Å². The van der Waals surface area contributed by atoms with Crippen molar-refractivity contribution in [3.05, 3.63) is 16.3 Å². The van der Waals surface area contributed by atoms with Gasteiger partial charge in [-0.25, -0.2) is 4.98 Å². The fourth-order valence-corrected chi connectivity index (χ4v) is 2.05. The van der Waals surface area contributed by atoms with Gasteiger partial charge in [-0.05, 0) is 13.8 Å². The first-order valence-electron chi connectivity index (χ1n) is 5.40. The standard InChI is InChI=1S/C11H15N3O2S/c1-6(2)9-12-7(5-17-9)8-13-10(16-14-8)11(3,4)15/h5-6,15H,1-4H3. The van der Waals surface area contributed by atoms with Crippen LogP contribution < -0.4 is 0 Å². The van der Waals surface area contributed by atoms with Gasteiger partial charge in [0.1, 0.15) is 11.3 Å². The third kappa shape index (κ3) is 2.53. The lowest BCUT2D eigenvalue weighted by Crippen LogP contribution is -2.15. The molecule has 0 aliphatic carbocycles. The Hall–Kier alpha value is -1.27. The quantitative estimate of drug-likeness (QED) is 0.910. The van der Waals surface area contributed by atoms with Crippen LogP contribution in [0, 0.1) is 0 Å². The molecule has 1 N–H and O–H groups in total. The van der Waals surface area contributed by atoms with Gasteiger partial charge in [0.25, 0.3) is 5.89 Å². The molecule has 0 unspecified atom stereocenters. The highest BCUT2D eigenvalue weighted by Gasteiger charge is 2.25. The van der Waals surface area contributed by atoms with Crippen molar-refractivity contribution >= 4 is 11.3 Å². The molecule has 0 amide bonds. The van der Waals surface area contributed by atoms with Crippen molar-refractivity contribution in [3.8, 4) is 11.5 Å². The molecule has 0 spiro atoms. The minimum absolute atomic E-state index is 0.201. The molecule has 17 heavy (non-hydrogen) atoms. The summed E-state index contributed by atoms with van der Waals surface area (Å²) >= 11 is 1.57.